The SMILES string of the molecule is O=C(O)c1ccc(Cn2ccn(C3CCc4ccccc4C3)c2=S)cc1. The van der Waals surface area contributed by atoms with Gasteiger partial charge < -0.3 is 14.2 Å². The summed E-state index contributed by atoms with van der Waals surface area (Å²) in [5.74, 6) is -0.906. The van der Waals surface area contributed by atoms with Crippen LogP contribution in [0.1, 0.15) is 39.5 Å². The molecule has 3 aromatic rings. The van der Waals surface area contributed by atoms with Crippen molar-refractivity contribution in [2.24, 2.45) is 0 Å². The van der Waals surface area contributed by atoms with E-state index >= 15 is 0 Å². The highest BCUT2D eigenvalue weighted by Gasteiger charge is 2.20. The van der Waals surface area contributed by atoms with E-state index in [0.717, 1.165) is 29.6 Å². The van der Waals surface area contributed by atoms with Crippen LogP contribution in [0.4, 0.5) is 0 Å². The molecule has 1 N–H and O–H groups in total. The van der Waals surface area contributed by atoms with Crippen molar-refractivity contribution in [1.29, 1.82) is 0 Å². The molecule has 0 amide bonds. The maximum atomic E-state index is 11.0. The Morgan fingerprint density at radius 2 is 1.81 bits per heavy atom. The summed E-state index contributed by atoms with van der Waals surface area (Å²) in [5.41, 5.74) is 4.21. The third-order valence-corrected chi connectivity index (χ3v) is 5.59. The Morgan fingerprint density at radius 3 is 2.54 bits per heavy atom. The van der Waals surface area contributed by atoms with Crippen molar-refractivity contribution in [3.63, 3.8) is 0 Å². The number of carboxylic acids is 1. The largest absolute Gasteiger partial charge is 0.478 e. The Bertz CT molecular complexity index is 1000. The topological polar surface area (TPSA) is 47.2 Å². The van der Waals surface area contributed by atoms with Crippen LogP contribution in [0.25, 0.3) is 0 Å². The number of hydrogen-bond acceptors (Lipinski definition) is 2. The van der Waals surface area contributed by atoms with E-state index in [-0.39, 0.29) is 0 Å². The summed E-state index contributed by atoms with van der Waals surface area (Å²) in [7, 11) is 0. The van der Waals surface area contributed by atoms with Gasteiger partial charge in [0.25, 0.3) is 0 Å². The lowest BCUT2D eigenvalue weighted by Gasteiger charge is -2.25. The molecule has 5 heteroatoms. The number of carboxylic acid groups (broad SMARTS) is 1. The molecule has 1 aromatic heterocycles. The lowest BCUT2D eigenvalue weighted by molar-refractivity contribution is 0.0697. The molecular weight excluding hydrogens is 344 g/mol. The number of imidazole rings is 1. The van der Waals surface area contributed by atoms with Crippen LogP contribution < -0.4 is 0 Å². The summed E-state index contributed by atoms with van der Waals surface area (Å²) < 4.78 is 5.07. The Labute approximate surface area is 157 Å². The van der Waals surface area contributed by atoms with E-state index in [2.05, 4.69) is 35.0 Å². The molecule has 0 fully saturated rings. The minimum absolute atomic E-state index is 0.302. The maximum absolute atomic E-state index is 11.0. The van der Waals surface area contributed by atoms with E-state index in [0.29, 0.717) is 18.2 Å². The molecule has 0 saturated heterocycles. The molecular formula is C21H20N2O2S. The molecule has 1 atom stereocenters. The maximum Gasteiger partial charge on any atom is 0.335 e. The Balaban J connectivity index is 1.54. The first-order chi connectivity index (χ1) is 12.6. The fraction of sp³-hybridized carbons (Fsp3) is 0.238. The second kappa shape index (κ2) is 6.92. The lowest BCUT2D eigenvalue weighted by atomic mass is 9.88. The van der Waals surface area contributed by atoms with Gasteiger partial charge in [-0.2, -0.15) is 0 Å². The molecule has 1 aliphatic carbocycles. The van der Waals surface area contributed by atoms with Crippen molar-refractivity contribution in [1.82, 2.24) is 9.13 Å². The van der Waals surface area contributed by atoms with Crippen LogP contribution in [0.2, 0.25) is 0 Å². The van der Waals surface area contributed by atoms with Crippen molar-refractivity contribution in [2.45, 2.75) is 31.8 Å². The smallest absolute Gasteiger partial charge is 0.335 e. The molecule has 1 unspecified atom stereocenters. The summed E-state index contributed by atoms with van der Waals surface area (Å²) in [6.07, 6.45) is 7.30. The molecule has 0 spiro atoms. The minimum atomic E-state index is -0.906. The van der Waals surface area contributed by atoms with Gasteiger partial charge in [0.15, 0.2) is 4.77 Å². The monoisotopic (exact) mass is 364 g/mol. The van der Waals surface area contributed by atoms with Gasteiger partial charge in [-0.25, -0.2) is 4.79 Å². The van der Waals surface area contributed by atoms with Crippen LogP contribution in [0.3, 0.4) is 0 Å². The number of aryl methyl sites for hydroxylation is 1. The lowest BCUT2D eigenvalue weighted by Crippen LogP contribution is -2.18. The second-order valence-corrected chi connectivity index (χ2v) is 7.15. The van der Waals surface area contributed by atoms with E-state index in [1.165, 1.54) is 11.1 Å². The molecule has 0 aliphatic heterocycles. The zero-order chi connectivity index (χ0) is 18.1. The average Bonchev–Trinajstić information content (AvgIpc) is 3.02. The summed E-state index contributed by atoms with van der Waals surface area (Å²) in [4.78, 5) is 11.0. The zero-order valence-corrected chi connectivity index (χ0v) is 15.2. The number of benzene rings is 2. The first-order valence-corrected chi connectivity index (χ1v) is 9.19. The number of aromatic carboxylic acids is 1. The van der Waals surface area contributed by atoms with E-state index in [9.17, 15) is 4.79 Å². The van der Waals surface area contributed by atoms with Gasteiger partial charge in [0, 0.05) is 25.0 Å². The Morgan fingerprint density at radius 1 is 1.08 bits per heavy atom. The molecule has 1 aliphatic rings. The number of rotatable bonds is 4. The van der Waals surface area contributed by atoms with Crippen molar-refractivity contribution >= 4 is 18.2 Å². The number of carbonyl (C=O) groups is 1. The fourth-order valence-corrected chi connectivity index (χ4v) is 4.03. The number of fused-ring (bicyclic) bond motifs is 1. The van der Waals surface area contributed by atoms with Crippen molar-refractivity contribution in [2.75, 3.05) is 0 Å². The number of hydrogen-bond donors (Lipinski definition) is 1. The highest BCUT2D eigenvalue weighted by Crippen LogP contribution is 2.29. The van der Waals surface area contributed by atoms with Crippen LogP contribution in [0.5, 0.6) is 0 Å². The van der Waals surface area contributed by atoms with E-state index in [1.807, 2.05) is 22.9 Å². The van der Waals surface area contributed by atoms with Crippen molar-refractivity contribution < 1.29 is 9.90 Å². The van der Waals surface area contributed by atoms with Gasteiger partial charge in [-0.3, -0.25) is 0 Å². The molecule has 1 heterocycles. The van der Waals surface area contributed by atoms with Crippen LogP contribution in [-0.2, 0) is 19.4 Å². The first kappa shape index (κ1) is 16.8. The summed E-state index contributed by atoms with van der Waals surface area (Å²) in [5, 5.41) is 9.00. The standard InChI is InChI=1S/C21H20N2O2S/c24-20(25)17-7-5-15(6-8-17)14-22-11-12-23(21(22)26)19-10-9-16-3-1-2-4-18(16)13-19/h1-8,11-12,19H,9-10,13-14H2,(H,24,25). The molecule has 4 rings (SSSR count). The molecule has 0 bridgehead atoms. The summed E-state index contributed by atoms with van der Waals surface area (Å²) in [6, 6.07) is 16.0. The Kier molecular flexibility index (Phi) is 4.47. The van der Waals surface area contributed by atoms with Gasteiger partial charge >= 0.3 is 5.97 Å². The van der Waals surface area contributed by atoms with E-state index < -0.39 is 5.97 Å². The van der Waals surface area contributed by atoms with Crippen molar-refractivity contribution in [3.05, 3.63) is 87.9 Å². The highest BCUT2D eigenvalue weighted by molar-refractivity contribution is 7.71. The van der Waals surface area contributed by atoms with Gasteiger partial charge in [-0.15, -0.1) is 0 Å². The van der Waals surface area contributed by atoms with Crippen LogP contribution in [-0.4, -0.2) is 20.2 Å². The van der Waals surface area contributed by atoms with Gasteiger partial charge in [0.05, 0.1) is 5.56 Å². The Hall–Kier alpha value is -2.66. The number of aromatic nitrogens is 2. The predicted octanol–water partition coefficient (Wildman–Crippen LogP) is 4.50. The molecule has 132 valence electrons. The molecule has 0 saturated carbocycles. The quantitative estimate of drug-likeness (QED) is 0.694. The van der Waals surface area contributed by atoms with E-state index in [1.54, 1.807) is 12.1 Å². The van der Waals surface area contributed by atoms with Crippen LogP contribution in [0.15, 0.2) is 60.9 Å². The zero-order valence-electron chi connectivity index (χ0n) is 14.3. The van der Waals surface area contributed by atoms with Crippen molar-refractivity contribution in [3.8, 4) is 0 Å². The second-order valence-electron chi connectivity index (χ2n) is 6.78. The summed E-state index contributed by atoms with van der Waals surface area (Å²) >= 11 is 5.70. The highest BCUT2D eigenvalue weighted by atomic mass is 32.1. The summed E-state index contributed by atoms with van der Waals surface area (Å²) in [6.45, 7) is 0.648. The van der Waals surface area contributed by atoms with Gasteiger partial charge in [-0.05, 0) is 60.3 Å². The molecule has 26 heavy (non-hydrogen) atoms. The molecule has 4 nitrogen and oxygen atoms in total. The third kappa shape index (κ3) is 3.22. The predicted molar refractivity (Wildman–Crippen MR) is 103 cm³/mol. The van der Waals surface area contributed by atoms with E-state index in [4.69, 9.17) is 17.3 Å². The normalized spacial score (nSPS) is 16.2. The van der Waals surface area contributed by atoms with Gasteiger partial charge in [-0.1, -0.05) is 36.4 Å². The number of nitrogens with zero attached hydrogens (tertiary/aromatic N) is 2. The van der Waals surface area contributed by atoms with Gasteiger partial charge in [0.1, 0.15) is 0 Å². The minimum Gasteiger partial charge on any atom is -0.478 e. The molecule has 2 aromatic carbocycles. The van der Waals surface area contributed by atoms with Crippen LogP contribution >= 0.6 is 12.2 Å². The average molecular weight is 364 g/mol. The molecule has 0 radical (unpaired) electrons. The van der Waals surface area contributed by atoms with Crippen LogP contribution in [0, 0.1) is 4.77 Å². The van der Waals surface area contributed by atoms with Gasteiger partial charge in [0.2, 0.25) is 0 Å². The third-order valence-electron chi connectivity index (χ3n) is 5.14. The first-order valence-electron chi connectivity index (χ1n) is 8.78. The fourth-order valence-electron chi connectivity index (χ4n) is 3.69.